The Morgan fingerprint density at radius 3 is 2.16 bits per heavy atom. The van der Waals surface area contributed by atoms with Crippen LogP contribution in [0.4, 0.5) is 13.2 Å². The zero-order chi connectivity index (χ0) is 18.2. The van der Waals surface area contributed by atoms with Gasteiger partial charge >= 0.3 is 6.18 Å². The summed E-state index contributed by atoms with van der Waals surface area (Å²) in [6, 6.07) is 2.72. The van der Waals surface area contributed by atoms with Gasteiger partial charge in [-0.15, -0.1) is 21.5 Å². The maximum absolute atomic E-state index is 12.9. The molecule has 0 spiro atoms. The van der Waals surface area contributed by atoms with Gasteiger partial charge < -0.3 is 4.57 Å². The Morgan fingerprint density at radius 2 is 1.60 bits per heavy atom. The van der Waals surface area contributed by atoms with Crippen molar-refractivity contribution >= 4 is 11.3 Å². The molecule has 138 valence electrons. The largest absolute Gasteiger partial charge is 0.425 e. The Morgan fingerprint density at radius 1 is 1.00 bits per heavy atom. The highest BCUT2D eigenvalue weighted by atomic mass is 32.1. The Hall–Kier alpha value is -1.37. The number of rotatable bonds is 3. The maximum atomic E-state index is 12.9. The zero-order valence-corrected chi connectivity index (χ0v) is 15.7. The first-order valence-corrected chi connectivity index (χ1v) is 9.60. The van der Waals surface area contributed by atoms with Gasteiger partial charge in [-0.1, -0.05) is 25.7 Å². The number of nitrogens with zero attached hydrogens (tertiary/aromatic N) is 3. The lowest BCUT2D eigenvalue weighted by Gasteiger charge is -2.23. The van der Waals surface area contributed by atoms with Gasteiger partial charge in [-0.2, -0.15) is 13.2 Å². The predicted octanol–water partition coefficient (Wildman–Crippen LogP) is 5.66. The van der Waals surface area contributed by atoms with Crippen LogP contribution >= 0.6 is 11.3 Å². The maximum Gasteiger partial charge on any atom is 0.425 e. The Bertz CT molecular complexity index is 722. The van der Waals surface area contributed by atoms with E-state index in [4.69, 9.17) is 0 Å². The molecular weight excluding hydrogens is 347 g/mol. The summed E-state index contributed by atoms with van der Waals surface area (Å²) in [5, 5.41) is 8.80. The average molecular weight is 371 g/mol. The van der Waals surface area contributed by atoms with Crippen LogP contribution in [0.2, 0.25) is 0 Å². The Kier molecular flexibility index (Phi) is 4.97. The summed E-state index contributed by atoms with van der Waals surface area (Å²) in [5.74, 6) is 2.10. The molecule has 3 nitrogen and oxygen atoms in total. The molecule has 0 N–H and O–H groups in total. The number of aromatic nitrogens is 3. The molecule has 2 heterocycles. The van der Waals surface area contributed by atoms with Gasteiger partial charge in [0, 0.05) is 17.8 Å². The third-order valence-electron chi connectivity index (χ3n) is 5.19. The molecule has 0 aliphatic heterocycles. The normalized spacial score (nSPS) is 17.7. The molecule has 0 unspecified atom stereocenters. The molecule has 0 aromatic carbocycles. The third-order valence-corrected chi connectivity index (χ3v) is 6.64. The van der Waals surface area contributed by atoms with E-state index in [1.165, 1.54) is 25.7 Å². The fourth-order valence-electron chi connectivity index (χ4n) is 3.71. The van der Waals surface area contributed by atoms with Crippen LogP contribution in [0.3, 0.4) is 0 Å². The quantitative estimate of drug-likeness (QED) is 0.652. The number of alkyl halides is 3. The van der Waals surface area contributed by atoms with Crippen LogP contribution < -0.4 is 0 Å². The first-order valence-electron chi connectivity index (χ1n) is 8.78. The Balaban J connectivity index is 1.91. The second kappa shape index (κ2) is 6.74. The smallest absolute Gasteiger partial charge is 0.317 e. The van der Waals surface area contributed by atoms with E-state index in [-0.39, 0.29) is 0 Å². The molecular formula is C18H24F3N3S. The first kappa shape index (κ1) is 18.4. The first-order chi connectivity index (χ1) is 11.7. The highest BCUT2D eigenvalue weighted by molar-refractivity contribution is 7.12. The third kappa shape index (κ3) is 3.61. The van der Waals surface area contributed by atoms with E-state index in [1.54, 1.807) is 6.07 Å². The van der Waals surface area contributed by atoms with Gasteiger partial charge in [0.05, 0.1) is 5.41 Å². The summed E-state index contributed by atoms with van der Waals surface area (Å²) in [5.41, 5.74) is -0.612. The van der Waals surface area contributed by atoms with Crippen molar-refractivity contribution in [3.8, 4) is 0 Å². The van der Waals surface area contributed by atoms with E-state index in [9.17, 15) is 13.2 Å². The molecule has 1 aliphatic rings. The van der Waals surface area contributed by atoms with Crippen LogP contribution in [0, 0.1) is 0 Å². The molecule has 0 radical (unpaired) electrons. The summed E-state index contributed by atoms with van der Waals surface area (Å²) >= 11 is 0.792. The van der Waals surface area contributed by atoms with Gasteiger partial charge in [-0.05, 0) is 38.8 Å². The lowest BCUT2D eigenvalue weighted by molar-refractivity contribution is -0.134. The number of hydrogen-bond acceptors (Lipinski definition) is 3. The second-order valence-corrected chi connectivity index (χ2v) is 8.50. The highest BCUT2D eigenvalue weighted by Gasteiger charge is 2.37. The molecule has 0 amide bonds. The van der Waals surface area contributed by atoms with Crippen molar-refractivity contribution in [2.24, 2.45) is 7.05 Å². The van der Waals surface area contributed by atoms with Gasteiger partial charge in [0.15, 0.2) is 0 Å². The minimum Gasteiger partial charge on any atom is -0.317 e. The molecule has 2 aromatic rings. The van der Waals surface area contributed by atoms with Gasteiger partial charge in [0.25, 0.3) is 0 Å². The molecule has 1 saturated carbocycles. The standard InChI is InChI=1S/C18H24F3N3S/c1-17(2,13-10-11-14(25-13)18(19,20)21)16-23-22-15(24(16)3)12-8-6-4-5-7-9-12/h10-12H,4-9H2,1-3H3. The lowest BCUT2D eigenvalue weighted by Crippen LogP contribution is -2.23. The molecule has 2 aromatic heterocycles. The van der Waals surface area contributed by atoms with Crippen molar-refractivity contribution in [2.45, 2.75) is 69.9 Å². The lowest BCUT2D eigenvalue weighted by atomic mass is 9.90. The van der Waals surface area contributed by atoms with E-state index >= 15 is 0 Å². The van der Waals surface area contributed by atoms with Gasteiger partial charge in [0.1, 0.15) is 16.5 Å². The molecule has 1 fully saturated rings. The predicted molar refractivity (Wildman–Crippen MR) is 92.9 cm³/mol. The van der Waals surface area contributed by atoms with Gasteiger partial charge in [-0.25, -0.2) is 0 Å². The van der Waals surface area contributed by atoms with Crippen LogP contribution in [-0.4, -0.2) is 14.8 Å². The number of hydrogen-bond donors (Lipinski definition) is 0. The monoisotopic (exact) mass is 371 g/mol. The van der Waals surface area contributed by atoms with Crippen molar-refractivity contribution in [3.63, 3.8) is 0 Å². The Labute approximate surface area is 150 Å². The topological polar surface area (TPSA) is 30.7 Å². The minimum absolute atomic E-state index is 0.402. The van der Waals surface area contributed by atoms with E-state index in [0.717, 1.165) is 41.9 Å². The summed E-state index contributed by atoms with van der Waals surface area (Å²) in [6.07, 6.45) is 2.87. The molecule has 0 saturated heterocycles. The molecule has 7 heteroatoms. The fraction of sp³-hybridized carbons (Fsp3) is 0.667. The SMILES string of the molecule is Cn1c(C2CCCCCC2)nnc1C(C)(C)c1ccc(C(F)(F)F)s1. The summed E-state index contributed by atoms with van der Waals surface area (Å²) < 4.78 is 40.8. The van der Waals surface area contributed by atoms with Crippen molar-refractivity contribution in [3.05, 3.63) is 33.5 Å². The number of halogens is 3. The van der Waals surface area contributed by atoms with Crippen LogP contribution in [0.5, 0.6) is 0 Å². The van der Waals surface area contributed by atoms with E-state index in [1.807, 2.05) is 25.5 Å². The highest BCUT2D eigenvalue weighted by Crippen LogP contribution is 2.41. The summed E-state index contributed by atoms with van der Waals surface area (Å²) in [7, 11) is 1.94. The van der Waals surface area contributed by atoms with Gasteiger partial charge in [0.2, 0.25) is 0 Å². The minimum atomic E-state index is -4.30. The summed E-state index contributed by atoms with van der Waals surface area (Å²) in [4.78, 5) is 0.0875. The van der Waals surface area contributed by atoms with Crippen molar-refractivity contribution in [2.75, 3.05) is 0 Å². The molecule has 25 heavy (non-hydrogen) atoms. The molecule has 0 atom stereocenters. The van der Waals surface area contributed by atoms with Crippen LogP contribution in [-0.2, 0) is 18.6 Å². The van der Waals surface area contributed by atoms with Gasteiger partial charge in [-0.3, -0.25) is 0 Å². The van der Waals surface area contributed by atoms with E-state index in [0.29, 0.717) is 10.8 Å². The number of thiophene rings is 1. The fourth-order valence-corrected chi connectivity index (χ4v) is 4.69. The van der Waals surface area contributed by atoms with Crippen LogP contribution in [0.1, 0.15) is 79.7 Å². The van der Waals surface area contributed by atoms with Crippen LogP contribution in [0.25, 0.3) is 0 Å². The van der Waals surface area contributed by atoms with Crippen molar-refractivity contribution in [1.29, 1.82) is 0 Å². The van der Waals surface area contributed by atoms with E-state index in [2.05, 4.69) is 10.2 Å². The van der Waals surface area contributed by atoms with Crippen LogP contribution in [0.15, 0.2) is 12.1 Å². The second-order valence-electron chi connectivity index (χ2n) is 7.42. The summed E-state index contributed by atoms with van der Waals surface area (Å²) in [6.45, 7) is 3.83. The molecule has 0 bridgehead atoms. The zero-order valence-electron chi connectivity index (χ0n) is 14.9. The van der Waals surface area contributed by atoms with E-state index < -0.39 is 16.5 Å². The van der Waals surface area contributed by atoms with Crippen molar-refractivity contribution < 1.29 is 13.2 Å². The van der Waals surface area contributed by atoms with Crippen molar-refractivity contribution in [1.82, 2.24) is 14.8 Å². The molecule has 3 rings (SSSR count). The average Bonchev–Trinajstić information content (AvgIpc) is 3.09. The molecule has 1 aliphatic carbocycles.